The number of aromatic amines is 1. The van der Waals surface area contributed by atoms with Crippen LogP contribution in [-0.4, -0.2) is 50.9 Å². The lowest BCUT2D eigenvalue weighted by molar-refractivity contribution is 0.0751. The number of anilines is 1. The minimum atomic E-state index is -0.515. The van der Waals surface area contributed by atoms with Crippen molar-refractivity contribution in [3.8, 4) is 11.5 Å². The number of carbonyl (C=O) groups excluding carboxylic acids is 1. The SMILES string of the molecule is CC(C)N(C)C(=O)c1cc(F)ccc1Oc1cncnc1N1CCC2(CCC(Cc3ccc4oc(=O)[nH]c4c3)C2)N1. The molecule has 1 aliphatic heterocycles. The second-order valence-electron chi connectivity index (χ2n) is 11.4. The third-order valence-corrected chi connectivity index (χ3v) is 8.31. The van der Waals surface area contributed by atoms with Gasteiger partial charge >= 0.3 is 5.76 Å². The maximum atomic E-state index is 14.2. The lowest BCUT2D eigenvalue weighted by Gasteiger charge is -2.27. The highest BCUT2D eigenvalue weighted by atomic mass is 19.1. The average molecular weight is 561 g/mol. The van der Waals surface area contributed by atoms with E-state index in [1.54, 1.807) is 18.1 Å². The third-order valence-electron chi connectivity index (χ3n) is 8.31. The Balaban J connectivity index is 1.17. The number of benzene rings is 2. The van der Waals surface area contributed by atoms with Crippen molar-refractivity contribution in [1.29, 1.82) is 0 Å². The Morgan fingerprint density at radius 2 is 2.10 bits per heavy atom. The lowest BCUT2D eigenvalue weighted by atomic mass is 9.92. The number of carbonyl (C=O) groups is 1. The molecule has 1 aliphatic carbocycles. The molecule has 0 bridgehead atoms. The molecule has 0 radical (unpaired) electrons. The number of aromatic nitrogens is 3. The molecular formula is C30H33FN6O4. The summed E-state index contributed by atoms with van der Waals surface area (Å²) < 4.78 is 25.5. The molecule has 3 heterocycles. The van der Waals surface area contributed by atoms with Crippen molar-refractivity contribution in [1.82, 2.24) is 25.3 Å². The molecule has 214 valence electrons. The Bertz CT molecular complexity index is 1650. The molecule has 2 aliphatic rings. The maximum absolute atomic E-state index is 14.2. The van der Waals surface area contributed by atoms with E-state index in [1.807, 2.05) is 37.1 Å². The molecular weight excluding hydrogens is 527 g/mol. The molecule has 6 rings (SSSR count). The number of hydrogen-bond donors (Lipinski definition) is 2. The van der Waals surface area contributed by atoms with E-state index in [-0.39, 0.29) is 28.8 Å². The summed E-state index contributed by atoms with van der Waals surface area (Å²) in [6.45, 7) is 4.51. The van der Waals surface area contributed by atoms with Gasteiger partial charge in [0.05, 0.1) is 17.3 Å². The third kappa shape index (κ3) is 5.41. The summed E-state index contributed by atoms with van der Waals surface area (Å²) in [6, 6.07) is 9.74. The predicted octanol–water partition coefficient (Wildman–Crippen LogP) is 4.82. The van der Waals surface area contributed by atoms with Gasteiger partial charge in [-0.2, -0.15) is 0 Å². The average Bonchev–Trinajstić information content (AvgIpc) is 3.66. The number of nitrogens with zero attached hydrogens (tertiary/aromatic N) is 4. The molecule has 2 atom stereocenters. The number of fused-ring (bicyclic) bond motifs is 1. The van der Waals surface area contributed by atoms with E-state index in [2.05, 4.69) is 20.4 Å². The minimum absolute atomic E-state index is 0.0576. The van der Waals surface area contributed by atoms with Gasteiger partial charge in [0.15, 0.2) is 17.2 Å². The molecule has 1 saturated heterocycles. The summed E-state index contributed by atoms with van der Waals surface area (Å²) in [4.78, 5) is 37.5. The van der Waals surface area contributed by atoms with Gasteiger partial charge in [0.25, 0.3) is 5.91 Å². The van der Waals surface area contributed by atoms with Crippen molar-refractivity contribution in [2.75, 3.05) is 18.6 Å². The fourth-order valence-electron chi connectivity index (χ4n) is 5.97. The number of hydrazine groups is 1. The summed E-state index contributed by atoms with van der Waals surface area (Å²) in [6.07, 6.45) is 8.00. The van der Waals surface area contributed by atoms with Gasteiger partial charge in [0, 0.05) is 25.2 Å². The Hall–Kier alpha value is -4.25. The first-order valence-electron chi connectivity index (χ1n) is 13.9. The van der Waals surface area contributed by atoms with Crippen LogP contribution in [0.5, 0.6) is 11.5 Å². The largest absolute Gasteiger partial charge is 0.451 e. The number of hydrogen-bond acceptors (Lipinski definition) is 8. The van der Waals surface area contributed by atoms with Crippen LogP contribution in [0, 0.1) is 11.7 Å². The van der Waals surface area contributed by atoms with Crippen LogP contribution in [0.2, 0.25) is 0 Å². The van der Waals surface area contributed by atoms with E-state index in [1.165, 1.54) is 30.1 Å². The first-order chi connectivity index (χ1) is 19.7. The molecule has 1 spiro atoms. The van der Waals surface area contributed by atoms with Gasteiger partial charge in [-0.1, -0.05) is 6.07 Å². The second kappa shape index (κ2) is 10.6. The van der Waals surface area contributed by atoms with E-state index in [4.69, 9.17) is 9.15 Å². The zero-order valence-corrected chi connectivity index (χ0v) is 23.3. The van der Waals surface area contributed by atoms with Gasteiger partial charge in [-0.25, -0.2) is 24.6 Å². The molecule has 2 aromatic carbocycles. The van der Waals surface area contributed by atoms with Gasteiger partial charge in [-0.05, 0) is 87.8 Å². The Morgan fingerprint density at radius 1 is 1.24 bits per heavy atom. The summed E-state index contributed by atoms with van der Waals surface area (Å²) in [5.74, 6) is 0.388. The van der Waals surface area contributed by atoms with Crippen molar-refractivity contribution in [2.24, 2.45) is 5.92 Å². The van der Waals surface area contributed by atoms with Crippen molar-refractivity contribution < 1.29 is 18.3 Å². The van der Waals surface area contributed by atoms with Gasteiger partial charge in [-0.3, -0.25) is 14.8 Å². The smallest absolute Gasteiger partial charge is 0.417 e. The Kier molecular flexibility index (Phi) is 6.98. The highest BCUT2D eigenvalue weighted by molar-refractivity contribution is 5.97. The van der Waals surface area contributed by atoms with Crippen LogP contribution in [0.25, 0.3) is 11.1 Å². The molecule has 11 heteroatoms. The number of nitrogens with one attached hydrogen (secondary N) is 2. The second-order valence-corrected chi connectivity index (χ2v) is 11.4. The lowest BCUT2D eigenvalue weighted by Crippen LogP contribution is -2.44. The number of amides is 1. The van der Waals surface area contributed by atoms with Gasteiger partial charge in [0.1, 0.15) is 17.9 Å². The monoisotopic (exact) mass is 560 g/mol. The van der Waals surface area contributed by atoms with Crippen molar-refractivity contribution >= 4 is 22.8 Å². The summed E-state index contributed by atoms with van der Waals surface area (Å²) in [5, 5.41) is 1.99. The Morgan fingerprint density at radius 3 is 2.93 bits per heavy atom. The van der Waals surface area contributed by atoms with E-state index in [0.717, 1.165) is 44.2 Å². The summed E-state index contributed by atoms with van der Waals surface area (Å²) in [5.41, 5.74) is 6.25. The normalized spacial score (nSPS) is 20.4. The number of halogens is 1. The zero-order valence-electron chi connectivity index (χ0n) is 23.3. The molecule has 2 unspecified atom stereocenters. The highest BCUT2D eigenvalue weighted by Crippen LogP contribution is 2.43. The summed E-state index contributed by atoms with van der Waals surface area (Å²) in [7, 11) is 1.68. The standard InChI is InChI=1S/C30H33FN6O4/c1-18(2)36(3)28(38)22-14-21(31)5-7-24(22)40-26-16-32-17-33-27(26)37-11-10-30(35-37)9-8-20(15-30)12-19-4-6-25-23(13-19)34-29(39)41-25/h4-7,13-14,16-18,20,35H,8-12,15H2,1-3H3,(H,34,39). The first kappa shape index (κ1) is 26.9. The van der Waals surface area contributed by atoms with Crippen molar-refractivity contribution in [2.45, 2.75) is 57.5 Å². The maximum Gasteiger partial charge on any atom is 0.417 e. The Labute approximate surface area is 236 Å². The quantitative estimate of drug-likeness (QED) is 0.331. The fraction of sp³-hybridized carbons (Fsp3) is 0.400. The van der Waals surface area contributed by atoms with Crippen LogP contribution >= 0.6 is 0 Å². The molecule has 1 amide bonds. The molecule has 2 aromatic heterocycles. The topological polar surface area (TPSA) is 117 Å². The predicted molar refractivity (Wildman–Crippen MR) is 151 cm³/mol. The molecule has 2 fully saturated rings. The van der Waals surface area contributed by atoms with Crippen LogP contribution in [0.4, 0.5) is 10.2 Å². The van der Waals surface area contributed by atoms with E-state index < -0.39 is 11.6 Å². The van der Waals surface area contributed by atoms with Gasteiger partial charge < -0.3 is 14.1 Å². The molecule has 1 saturated carbocycles. The van der Waals surface area contributed by atoms with E-state index >= 15 is 0 Å². The van der Waals surface area contributed by atoms with Crippen molar-refractivity contribution in [3.63, 3.8) is 0 Å². The van der Waals surface area contributed by atoms with Crippen LogP contribution < -0.4 is 20.9 Å². The molecule has 10 nitrogen and oxygen atoms in total. The summed E-state index contributed by atoms with van der Waals surface area (Å²) >= 11 is 0. The first-order valence-corrected chi connectivity index (χ1v) is 13.9. The number of H-pyrrole nitrogens is 1. The number of oxazole rings is 1. The fourth-order valence-corrected chi connectivity index (χ4v) is 5.97. The van der Waals surface area contributed by atoms with Crippen LogP contribution in [0.3, 0.4) is 0 Å². The highest BCUT2D eigenvalue weighted by Gasteiger charge is 2.44. The van der Waals surface area contributed by atoms with Gasteiger partial charge in [-0.15, -0.1) is 0 Å². The van der Waals surface area contributed by atoms with Crippen LogP contribution in [-0.2, 0) is 6.42 Å². The van der Waals surface area contributed by atoms with Crippen molar-refractivity contribution in [3.05, 3.63) is 76.4 Å². The molecule has 4 aromatic rings. The zero-order chi connectivity index (χ0) is 28.7. The minimum Gasteiger partial charge on any atom is -0.451 e. The van der Waals surface area contributed by atoms with E-state index in [9.17, 15) is 14.0 Å². The molecule has 41 heavy (non-hydrogen) atoms. The van der Waals surface area contributed by atoms with E-state index in [0.29, 0.717) is 23.1 Å². The number of ether oxygens (including phenoxy) is 1. The number of rotatable bonds is 7. The van der Waals surface area contributed by atoms with Gasteiger partial charge in [0.2, 0.25) is 0 Å². The van der Waals surface area contributed by atoms with Crippen LogP contribution in [0.15, 0.2) is 58.1 Å². The molecule has 2 N–H and O–H groups in total. The van der Waals surface area contributed by atoms with Crippen LogP contribution in [0.1, 0.15) is 55.5 Å².